The fraction of sp³-hybridized carbons (Fsp3) is 0.929. The van der Waals surface area contributed by atoms with Crippen LogP contribution >= 0.6 is 0 Å². The van der Waals surface area contributed by atoms with Crippen molar-refractivity contribution in [3.63, 3.8) is 0 Å². The third-order valence-corrected chi connectivity index (χ3v) is 4.11. The Morgan fingerprint density at radius 3 is 2.12 bits per heavy atom. The van der Waals surface area contributed by atoms with Crippen molar-refractivity contribution in [3.05, 3.63) is 0 Å². The summed E-state index contributed by atoms with van der Waals surface area (Å²) in [6.07, 6.45) is 2.71. The average molecular weight is 227 g/mol. The highest BCUT2D eigenvalue weighted by Crippen LogP contribution is 2.34. The molecule has 1 rings (SSSR count). The second kappa shape index (κ2) is 5.81. The van der Waals surface area contributed by atoms with Crippen molar-refractivity contribution in [2.24, 2.45) is 5.92 Å². The van der Waals surface area contributed by atoms with E-state index in [4.69, 9.17) is 0 Å². The van der Waals surface area contributed by atoms with Gasteiger partial charge < -0.3 is 5.32 Å². The van der Waals surface area contributed by atoms with Gasteiger partial charge in [-0.1, -0.05) is 34.6 Å². The van der Waals surface area contributed by atoms with Crippen LogP contribution in [-0.2, 0) is 4.79 Å². The van der Waals surface area contributed by atoms with E-state index in [1.54, 1.807) is 0 Å². The molecule has 1 aliphatic rings. The second-order valence-corrected chi connectivity index (χ2v) is 5.18. The normalized spacial score (nSPS) is 38.9. The first-order valence-electron chi connectivity index (χ1n) is 6.69. The van der Waals surface area contributed by atoms with Gasteiger partial charge in [0.15, 0.2) is 0 Å². The molecule has 0 aromatic carbocycles. The van der Waals surface area contributed by atoms with Crippen molar-refractivity contribution >= 4 is 5.78 Å². The van der Waals surface area contributed by atoms with Gasteiger partial charge in [0, 0.05) is 23.4 Å². The Morgan fingerprint density at radius 1 is 1.25 bits per heavy atom. The molecule has 2 heteroatoms. The van der Waals surface area contributed by atoms with Crippen LogP contribution in [0.1, 0.15) is 67.7 Å². The van der Waals surface area contributed by atoms with Crippen molar-refractivity contribution in [2.75, 3.05) is 0 Å². The van der Waals surface area contributed by atoms with Gasteiger partial charge in [-0.05, 0) is 26.7 Å². The lowest BCUT2D eigenvalue weighted by Gasteiger charge is -2.48. The van der Waals surface area contributed by atoms with Crippen LogP contribution in [0.5, 0.6) is 0 Å². The van der Waals surface area contributed by atoms with E-state index in [0.717, 1.165) is 12.8 Å². The number of hydrogen-bond donors (Lipinski definition) is 1. The molecular weight excluding hydrogens is 198 g/mol. The molecule has 0 amide bonds. The summed E-state index contributed by atoms with van der Waals surface area (Å²) < 4.78 is 0. The molecule has 0 radical (unpaired) electrons. The van der Waals surface area contributed by atoms with Gasteiger partial charge in [0.1, 0.15) is 5.78 Å². The van der Waals surface area contributed by atoms with Gasteiger partial charge in [0.25, 0.3) is 0 Å². The summed E-state index contributed by atoms with van der Waals surface area (Å²) >= 11 is 0. The topological polar surface area (TPSA) is 29.1 Å². The number of carbonyl (C=O) groups is 1. The maximum absolute atomic E-state index is 11.9. The van der Waals surface area contributed by atoms with Gasteiger partial charge in [0.05, 0.1) is 0 Å². The maximum atomic E-state index is 11.9. The number of nitrogens with one attached hydrogen (secondary N) is 1. The molecule has 3 unspecified atom stereocenters. The Bertz CT molecular complexity index is 239. The number of ketones is 1. The van der Waals surface area contributed by atoms with E-state index in [1.807, 2.05) is 20.8 Å². The van der Waals surface area contributed by atoms with Crippen LogP contribution in [0.25, 0.3) is 0 Å². The van der Waals surface area contributed by atoms with Crippen LogP contribution in [-0.4, -0.2) is 16.9 Å². The number of piperidine rings is 1. The zero-order valence-corrected chi connectivity index (χ0v) is 12.1. The van der Waals surface area contributed by atoms with Gasteiger partial charge in [-0.3, -0.25) is 4.79 Å². The van der Waals surface area contributed by atoms with Gasteiger partial charge in [-0.15, -0.1) is 0 Å². The average Bonchev–Trinajstić information content (AvgIpc) is 2.29. The molecule has 0 aromatic heterocycles. The molecule has 3 atom stereocenters. The highest BCUT2D eigenvalue weighted by Gasteiger charge is 2.45. The minimum atomic E-state index is -0.0138. The summed E-state index contributed by atoms with van der Waals surface area (Å²) in [5.41, 5.74) is -0.00551. The van der Waals surface area contributed by atoms with Crippen molar-refractivity contribution in [2.45, 2.75) is 78.8 Å². The van der Waals surface area contributed by atoms with Gasteiger partial charge in [0.2, 0.25) is 0 Å². The smallest absolute Gasteiger partial charge is 0.139 e. The Hall–Kier alpha value is -0.370. The van der Waals surface area contributed by atoms with E-state index in [0.29, 0.717) is 12.2 Å². The largest absolute Gasteiger partial charge is 0.305 e. The third kappa shape index (κ3) is 3.07. The second-order valence-electron chi connectivity index (χ2n) is 5.18. The predicted molar refractivity (Wildman–Crippen MR) is 70.7 cm³/mol. The Kier molecular flexibility index (Phi) is 5.67. The Labute approximate surface area is 101 Å². The zero-order valence-electron chi connectivity index (χ0n) is 12.1. The first-order chi connectivity index (χ1) is 7.37. The molecule has 0 aromatic rings. The van der Waals surface area contributed by atoms with Crippen molar-refractivity contribution in [3.8, 4) is 0 Å². The molecule has 0 spiro atoms. The van der Waals surface area contributed by atoms with Crippen molar-refractivity contribution in [1.82, 2.24) is 5.32 Å². The number of Topliss-reactive ketones (excluding diaryl/α,β-unsaturated/α-hetero) is 1. The van der Waals surface area contributed by atoms with E-state index < -0.39 is 0 Å². The standard InChI is InChI=1S/C12H23NO.C2H6/c1-6-11(4)8-10(14)9(3)12(5,7-2)13-11;1-2/h9,13H,6-8H2,1-5H3;1-2H3. The summed E-state index contributed by atoms with van der Waals surface area (Å²) in [5.74, 6) is 0.560. The summed E-state index contributed by atoms with van der Waals surface area (Å²) in [6, 6.07) is 0. The molecule has 1 aliphatic heterocycles. The SMILES string of the molecule is CC.CCC1(C)CC(=O)C(C)C(C)(CC)N1. The first-order valence-corrected chi connectivity index (χ1v) is 6.69. The predicted octanol–water partition coefficient (Wildman–Crippen LogP) is 3.55. The fourth-order valence-corrected chi connectivity index (χ4v) is 2.34. The Morgan fingerprint density at radius 2 is 1.75 bits per heavy atom. The quantitative estimate of drug-likeness (QED) is 0.781. The molecule has 1 N–H and O–H groups in total. The van der Waals surface area contributed by atoms with Gasteiger partial charge >= 0.3 is 0 Å². The van der Waals surface area contributed by atoms with Gasteiger partial charge in [-0.25, -0.2) is 0 Å². The fourth-order valence-electron chi connectivity index (χ4n) is 2.34. The molecule has 96 valence electrons. The highest BCUT2D eigenvalue weighted by atomic mass is 16.1. The molecule has 0 saturated carbocycles. The number of carbonyl (C=O) groups excluding carboxylic acids is 1. The van der Waals surface area contributed by atoms with Crippen LogP contribution in [0, 0.1) is 5.92 Å². The number of rotatable bonds is 2. The summed E-state index contributed by atoms with van der Waals surface area (Å²) in [5, 5.41) is 3.66. The lowest BCUT2D eigenvalue weighted by Crippen LogP contribution is -2.64. The van der Waals surface area contributed by atoms with E-state index in [1.165, 1.54) is 0 Å². The van der Waals surface area contributed by atoms with Crippen molar-refractivity contribution in [1.29, 1.82) is 0 Å². The van der Waals surface area contributed by atoms with Crippen LogP contribution in [0.3, 0.4) is 0 Å². The molecule has 2 nitrogen and oxygen atoms in total. The van der Waals surface area contributed by atoms with E-state index in [-0.39, 0.29) is 17.0 Å². The lowest BCUT2D eigenvalue weighted by molar-refractivity contribution is -0.130. The minimum absolute atomic E-state index is 0.00829. The molecule has 1 saturated heterocycles. The molecule has 16 heavy (non-hydrogen) atoms. The van der Waals surface area contributed by atoms with Crippen molar-refractivity contribution < 1.29 is 4.79 Å². The highest BCUT2D eigenvalue weighted by molar-refractivity contribution is 5.84. The summed E-state index contributed by atoms with van der Waals surface area (Å²) in [7, 11) is 0. The third-order valence-electron chi connectivity index (χ3n) is 4.11. The number of hydrogen-bond acceptors (Lipinski definition) is 2. The van der Waals surface area contributed by atoms with E-state index in [2.05, 4.69) is 33.0 Å². The maximum Gasteiger partial charge on any atom is 0.139 e. The Balaban J connectivity index is 0.00000106. The van der Waals surface area contributed by atoms with Crippen LogP contribution in [0.4, 0.5) is 0 Å². The summed E-state index contributed by atoms with van der Waals surface area (Å²) in [4.78, 5) is 11.9. The zero-order chi connectivity index (χ0) is 13.0. The van der Waals surface area contributed by atoms with E-state index >= 15 is 0 Å². The summed E-state index contributed by atoms with van der Waals surface area (Å²) in [6.45, 7) is 14.7. The molecule has 0 bridgehead atoms. The van der Waals surface area contributed by atoms with E-state index in [9.17, 15) is 4.79 Å². The lowest BCUT2D eigenvalue weighted by atomic mass is 9.71. The molecular formula is C14H29NO. The molecule has 1 heterocycles. The van der Waals surface area contributed by atoms with Gasteiger partial charge in [-0.2, -0.15) is 0 Å². The van der Waals surface area contributed by atoms with Crippen LogP contribution < -0.4 is 5.32 Å². The first kappa shape index (κ1) is 15.6. The molecule has 1 fully saturated rings. The minimum Gasteiger partial charge on any atom is -0.305 e. The van der Waals surface area contributed by atoms with Crippen LogP contribution in [0.2, 0.25) is 0 Å². The van der Waals surface area contributed by atoms with Crippen LogP contribution in [0.15, 0.2) is 0 Å². The monoisotopic (exact) mass is 227 g/mol. The molecule has 0 aliphatic carbocycles.